The second-order valence-electron chi connectivity index (χ2n) is 5.31. The van der Waals surface area contributed by atoms with Gasteiger partial charge in [0.2, 0.25) is 0 Å². The number of nitrogens with zero attached hydrogens (tertiary/aromatic N) is 1. The number of piperidine rings is 1. The fraction of sp³-hybridized carbons (Fsp3) is 0.600. The second-order valence-corrected chi connectivity index (χ2v) is 5.31. The molecule has 0 unspecified atom stereocenters. The SMILES string of the molecule is COc1cc(C)c(C(F)(F)F)cc1CN1CCCCC1. The largest absolute Gasteiger partial charge is 0.496 e. The summed E-state index contributed by atoms with van der Waals surface area (Å²) in [6, 6.07) is 2.73. The number of methoxy groups -OCH3 is 1. The normalized spacial score (nSPS) is 17.2. The number of alkyl halides is 3. The Labute approximate surface area is 117 Å². The molecule has 0 radical (unpaired) electrons. The molecule has 2 rings (SSSR count). The second kappa shape index (κ2) is 6.04. The van der Waals surface area contributed by atoms with Crippen molar-refractivity contribution in [1.29, 1.82) is 0 Å². The van der Waals surface area contributed by atoms with E-state index in [4.69, 9.17) is 4.74 Å². The van der Waals surface area contributed by atoms with Crippen LogP contribution < -0.4 is 4.74 Å². The molecule has 0 N–H and O–H groups in total. The average molecular weight is 287 g/mol. The summed E-state index contributed by atoms with van der Waals surface area (Å²) < 4.78 is 44.2. The van der Waals surface area contributed by atoms with Crippen molar-refractivity contribution in [3.63, 3.8) is 0 Å². The van der Waals surface area contributed by atoms with E-state index in [-0.39, 0.29) is 5.56 Å². The lowest BCUT2D eigenvalue weighted by molar-refractivity contribution is -0.138. The van der Waals surface area contributed by atoms with Crippen molar-refractivity contribution in [3.8, 4) is 5.75 Å². The van der Waals surface area contributed by atoms with E-state index in [0.29, 0.717) is 17.9 Å². The fourth-order valence-corrected chi connectivity index (χ4v) is 2.70. The van der Waals surface area contributed by atoms with Crippen molar-refractivity contribution in [1.82, 2.24) is 4.90 Å². The van der Waals surface area contributed by atoms with Gasteiger partial charge < -0.3 is 4.74 Å². The van der Waals surface area contributed by atoms with E-state index in [9.17, 15) is 13.2 Å². The van der Waals surface area contributed by atoms with Gasteiger partial charge in [0.15, 0.2) is 0 Å². The van der Waals surface area contributed by atoms with Gasteiger partial charge in [-0.15, -0.1) is 0 Å². The maximum Gasteiger partial charge on any atom is 0.416 e. The highest BCUT2D eigenvalue weighted by molar-refractivity contribution is 5.43. The number of hydrogen-bond donors (Lipinski definition) is 0. The van der Waals surface area contributed by atoms with Crippen molar-refractivity contribution in [2.45, 2.75) is 38.9 Å². The molecule has 1 heterocycles. The first-order chi connectivity index (χ1) is 9.41. The third-order valence-corrected chi connectivity index (χ3v) is 3.78. The van der Waals surface area contributed by atoms with E-state index in [1.807, 2.05) is 0 Å². The lowest BCUT2D eigenvalue weighted by Gasteiger charge is -2.27. The minimum absolute atomic E-state index is 0.205. The third kappa shape index (κ3) is 3.45. The quantitative estimate of drug-likeness (QED) is 0.833. The van der Waals surface area contributed by atoms with Gasteiger partial charge in [-0.1, -0.05) is 6.42 Å². The van der Waals surface area contributed by atoms with E-state index in [2.05, 4.69) is 4.90 Å². The van der Waals surface area contributed by atoms with Crippen LogP contribution in [0.4, 0.5) is 13.2 Å². The predicted molar refractivity (Wildman–Crippen MR) is 71.9 cm³/mol. The Balaban J connectivity index is 2.29. The Hall–Kier alpha value is -1.23. The van der Waals surface area contributed by atoms with Gasteiger partial charge in [-0.05, 0) is 50.6 Å². The van der Waals surface area contributed by atoms with Crippen molar-refractivity contribution in [2.75, 3.05) is 20.2 Å². The molecule has 1 aromatic carbocycles. The van der Waals surface area contributed by atoms with Gasteiger partial charge in [-0.2, -0.15) is 13.2 Å². The molecule has 1 aliphatic heterocycles. The first-order valence-electron chi connectivity index (χ1n) is 6.89. The zero-order valence-electron chi connectivity index (χ0n) is 11.9. The molecule has 1 aromatic rings. The van der Waals surface area contributed by atoms with Crippen LogP contribution in [0.1, 0.15) is 36.0 Å². The standard InChI is InChI=1S/C15H20F3NO/c1-11-8-14(20-2)12(9-13(11)15(16,17)18)10-19-6-4-3-5-7-19/h8-9H,3-7,10H2,1-2H3. The highest BCUT2D eigenvalue weighted by atomic mass is 19.4. The number of aryl methyl sites for hydroxylation is 1. The predicted octanol–water partition coefficient (Wildman–Crippen LogP) is 4.01. The number of likely N-dealkylation sites (tertiary alicyclic amines) is 1. The van der Waals surface area contributed by atoms with Gasteiger partial charge in [0.1, 0.15) is 5.75 Å². The van der Waals surface area contributed by atoms with Crippen molar-refractivity contribution in [3.05, 3.63) is 28.8 Å². The molecule has 1 saturated heterocycles. The minimum atomic E-state index is -4.31. The minimum Gasteiger partial charge on any atom is -0.496 e. The maximum atomic E-state index is 13.0. The Kier molecular flexibility index (Phi) is 4.58. The van der Waals surface area contributed by atoms with E-state index in [1.165, 1.54) is 32.6 Å². The van der Waals surface area contributed by atoms with Gasteiger partial charge in [-0.25, -0.2) is 0 Å². The number of rotatable bonds is 3. The molecule has 0 saturated carbocycles. The smallest absolute Gasteiger partial charge is 0.416 e. The van der Waals surface area contributed by atoms with Crippen LogP contribution in [0.25, 0.3) is 0 Å². The molecular formula is C15H20F3NO. The molecule has 1 fully saturated rings. The molecule has 0 atom stereocenters. The Morgan fingerprint density at radius 2 is 1.80 bits per heavy atom. The summed E-state index contributed by atoms with van der Waals surface area (Å²) in [5.74, 6) is 0.543. The summed E-state index contributed by atoms with van der Waals surface area (Å²) in [4.78, 5) is 2.19. The summed E-state index contributed by atoms with van der Waals surface area (Å²) in [5, 5.41) is 0. The van der Waals surface area contributed by atoms with Crippen LogP contribution in [0.2, 0.25) is 0 Å². The zero-order chi connectivity index (χ0) is 14.8. The molecule has 20 heavy (non-hydrogen) atoms. The lowest BCUT2D eigenvalue weighted by atomic mass is 10.0. The van der Waals surface area contributed by atoms with Crippen molar-refractivity contribution < 1.29 is 17.9 Å². The highest BCUT2D eigenvalue weighted by Gasteiger charge is 2.33. The molecule has 5 heteroatoms. The molecular weight excluding hydrogens is 267 g/mol. The van der Waals surface area contributed by atoms with Gasteiger partial charge in [-0.3, -0.25) is 4.90 Å². The van der Waals surface area contributed by atoms with Crippen LogP contribution in [0.15, 0.2) is 12.1 Å². The molecule has 0 aromatic heterocycles. The summed E-state index contributed by atoms with van der Waals surface area (Å²) in [7, 11) is 1.50. The number of hydrogen-bond acceptors (Lipinski definition) is 2. The van der Waals surface area contributed by atoms with E-state index in [1.54, 1.807) is 0 Å². The lowest BCUT2D eigenvalue weighted by Crippen LogP contribution is -2.29. The van der Waals surface area contributed by atoms with Crippen LogP contribution in [0.5, 0.6) is 5.75 Å². The van der Waals surface area contributed by atoms with Gasteiger partial charge in [0, 0.05) is 12.1 Å². The van der Waals surface area contributed by atoms with Crippen LogP contribution in [-0.4, -0.2) is 25.1 Å². The summed E-state index contributed by atoms with van der Waals surface area (Å²) in [6.07, 6.45) is -0.886. The number of halogens is 3. The monoisotopic (exact) mass is 287 g/mol. The number of benzene rings is 1. The van der Waals surface area contributed by atoms with Crippen LogP contribution in [0.3, 0.4) is 0 Å². The highest BCUT2D eigenvalue weighted by Crippen LogP contribution is 2.36. The summed E-state index contributed by atoms with van der Waals surface area (Å²) in [5.41, 5.74) is 0.259. The fourth-order valence-electron chi connectivity index (χ4n) is 2.70. The van der Waals surface area contributed by atoms with Gasteiger partial charge in [0.25, 0.3) is 0 Å². The molecule has 2 nitrogen and oxygen atoms in total. The first kappa shape index (κ1) is 15.2. The average Bonchev–Trinajstić information content (AvgIpc) is 2.40. The Morgan fingerprint density at radius 3 is 2.35 bits per heavy atom. The maximum absolute atomic E-state index is 13.0. The topological polar surface area (TPSA) is 12.5 Å². The van der Waals surface area contributed by atoms with Crippen molar-refractivity contribution >= 4 is 0 Å². The molecule has 0 amide bonds. The third-order valence-electron chi connectivity index (χ3n) is 3.78. The molecule has 0 spiro atoms. The molecule has 0 aliphatic carbocycles. The van der Waals surface area contributed by atoms with Gasteiger partial charge >= 0.3 is 6.18 Å². The van der Waals surface area contributed by atoms with Crippen LogP contribution >= 0.6 is 0 Å². The van der Waals surface area contributed by atoms with Crippen LogP contribution in [0, 0.1) is 6.92 Å². The van der Waals surface area contributed by atoms with Gasteiger partial charge in [0.05, 0.1) is 12.7 Å². The van der Waals surface area contributed by atoms with E-state index in [0.717, 1.165) is 25.9 Å². The summed E-state index contributed by atoms with van der Waals surface area (Å²) >= 11 is 0. The molecule has 1 aliphatic rings. The summed E-state index contributed by atoms with van der Waals surface area (Å²) in [6.45, 7) is 3.87. The molecule has 112 valence electrons. The van der Waals surface area contributed by atoms with Crippen molar-refractivity contribution in [2.24, 2.45) is 0 Å². The molecule has 0 bridgehead atoms. The zero-order valence-corrected chi connectivity index (χ0v) is 11.9. The van der Waals surface area contributed by atoms with Crippen LogP contribution in [-0.2, 0) is 12.7 Å². The Morgan fingerprint density at radius 1 is 1.15 bits per heavy atom. The first-order valence-corrected chi connectivity index (χ1v) is 6.89. The number of ether oxygens (including phenoxy) is 1. The van der Waals surface area contributed by atoms with E-state index < -0.39 is 11.7 Å². The van der Waals surface area contributed by atoms with E-state index >= 15 is 0 Å². The Bertz CT molecular complexity index is 465.